The molecule has 0 radical (unpaired) electrons. The maximum absolute atomic E-state index is 10.4. The van der Waals surface area contributed by atoms with E-state index in [0.717, 1.165) is 12.8 Å². The van der Waals surface area contributed by atoms with E-state index in [-0.39, 0.29) is 5.75 Å². The van der Waals surface area contributed by atoms with Gasteiger partial charge in [-0.3, -0.25) is 0 Å². The summed E-state index contributed by atoms with van der Waals surface area (Å²) in [7, 11) is -3.99. The van der Waals surface area contributed by atoms with Crippen molar-refractivity contribution in [3.63, 3.8) is 0 Å². The number of hydrogen-bond donors (Lipinski definition) is 0. The highest BCUT2D eigenvalue weighted by Crippen LogP contribution is 2.24. The van der Waals surface area contributed by atoms with Crippen molar-refractivity contribution in [1.82, 2.24) is 0 Å². The average molecular weight is 1330 g/mol. The summed E-state index contributed by atoms with van der Waals surface area (Å²) in [6, 6.07) is 0. The van der Waals surface area contributed by atoms with E-state index in [4.69, 9.17) is 0 Å². The predicted octanol–water partition coefficient (Wildman–Crippen LogP) is 31.9. The van der Waals surface area contributed by atoms with Crippen LogP contribution >= 0.6 is 0 Å². The molecule has 0 aliphatic heterocycles. The highest BCUT2D eigenvalue weighted by molar-refractivity contribution is 7.85. The third kappa shape index (κ3) is 86.0. The molecule has 0 amide bonds. The number of rotatable bonds is 83. The summed E-state index contributed by atoms with van der Waals surface area (Å²) in [5.41, 5.74) is 0. The van der Waals surface area contributed by atoms with Gasteiger partial charge in [-0.25, -0.2) is 8.42 Å². The molecule has 562 valence electrons. The Bertz CT molecular complexity index is 1250. The molecule has 0 aromatic carbocycles. The summed E-state index contributed by atoms with van der Waals surface area (Å²) < 4.78 is 32.7. The standard InChI is InChI=1S/C72H148N.C16H34O3S/c1-5-9-13-17-21-25-29-33-37-41-45-49-53-57-61-65-69-73(70-66-62-58-54-50-46-42-38-34-30-26-22-18-14-10-6-2,71-67-63-59-55-51-47-43-39-35-31-27-23-19-15-11-7-3)72-68-64-60-56-52-48-44-40-36-32-28-24-20-16-12-8-4;1-2-3-4-5-6-7-8-9-10-11-12-13-14-15-16-20(17,18)19/h5-72H2,1-4H3;2-16H2,1H3,(H,17,18,19)/q+1;/p-1. The van der Waals surface area contributed by atoms with Gasteiger partial charge < -0.3 is 9.04 Å². The molecule has 0 aliphatic rings. The Morgan fingerprint density at radius 2 is 0.258 bits per heavy atom. The topological polar surface area (TPSA) is 57.2 Å². The molecule has 5 heteroatoms. The van der Waals surface area contributed by atoms with Gasteiger partial charge in [-0.2, -0.15) is 0 Å². The van der Waals surface area contributed by atoms with Crippen LogP contribution in [0, 0.1) is 0 Å². The first-order valence-corrected chi connectivity index (χ1v) is 46.2. The summed E-state index contributed by atoms with van der Waals surface area (Å²) in [6.45, 7) is 17.6. The third-order valence-electron chi connectivity index (χ3n) is 21.7. The molecule has 0 N–H and O–H groups in total. The van der Waals surface area contributed by atoms with E-state index in [9.17, 15) is 13.0 Å². The fourth-order valence-corrected chi connectivity index (χ4v) is 15.7. The van der Waals surface area contributed by atoms with Crippen molar-refractivity contribution in [2.75, 3.05) is 31.9 Å². The van der Waals surface area contributed by atoms with Gasteiger partial charge in [-0.1, -0.05) is 478 Å². The van der Waals surface area contributed by atoms with E-state index in [1.165, 1.54) is 512 Å². The molecule has 0 aromatic heterocycles. The van der Waals surface area contributed by atoms with E-state index in [0.29, 0.717) is 6.42 Å². The molecule has 0 fully saturated rings. The molecule has 0 bridgehead atoms. The maximum Gasteiger partial charge on any atom is 0.0945 e. The Labute approximate surface area is 591 Å². The van der Waals surface area contributed by atoms with Crippen LogP contribution in [0.5, 0.6) is 0 Å². The van der Waals surface area contributed by atoms with Gasteiger partial charge in [0.25, 0.3) is 0 Å². The van der Waals surface area contributed by atoms with Crippen LogP contribution in [-0.4, -0.2) is 49.4 Å². The van der Waals surface area contributed by atoms with Gasteiger partial charge in [0.15, 0.2) is 0 Å². The van der Waals surface area contributed by atoms with E-state index in [1.807, 2.05) is 0 Å². The van der Waals surface area contributed by atoms with Gasteiger partial charge in [-0.15, -0.1) is 0 Å². The lowest BCUT2D eigenvalue weighted by molar-refractivity contribution is -0.929. The van der Waals surface area contributed by atoms with Crippen LogP contribution in [0.4, 0.5) is 0 Å². The Morgan fingerprint density at radius 1 is 0.161 bits per heavy atom. The summed E-state index contributed by atoms with van der Waals surface area (Å²) in [5, 5.41) is 0. The molecule has 0 spiro atoms. The fourth-order valence-electron chi connectivity index (χ4n) is 15.1. The number of quaternary nitrogens is 1. The predicted molar refractivity (Wildman–Crippen MR) is 423 cm³/mol. The Kier molecular flexibility index (Phi) is 86.0. The van der Waals surface area contributed by atoms with Crippen LogP contribution in [-0.2, 0) is 10.1 Å². The molecule has 93 heavy (non-hydrogen) atoms. The van der Waals surface area contributed by atoms with Crippen molar-refractivity contribution < 1.29 is 17.5 Å². The average Bonchev–Trinajstić information content (AvgIpc) is 1.18. The van der Waals surface area contributed by atoms with Gasteiger partial charge in [0.1, 0.15) is 0 Å². The van der Waals surface area contributed by atoms with E-state index in [2.05, 4.69) is 34.6 Å². The fraction of sp³-hybridized carbons (Fsp3) is 1.00. The summed E-state index contributed by atoms with van der Waals surface area (Å²) in [5.74, 6) is -0.189. The molecule has 0 unspecified atom stereocenters. The van der Waals surface area contributed by atoms with Crippen molar-refractivity contribution in [2.24, 2.45) is 0 Å². The summed E-state index contributed by atoms with van der Waals surface area (Å²) in [4.78, 5) is 0. The van der Waals surface area contributed by atoms with E-state index in [1.54, 1.807) is 0 Å². The lowest BCUT2D eigenvalue weighted by Gasteiger charge is -2.40. The molecule has 0 atom stereocenters. The van der Waals surface area contributed by atoms with Crippen molar-refractivity contribution in [3.8, 4) is 0 Å². The van der Waals surface area contributed by atoms with Crippen LogP contribution in [0.3, 0.4) is 0 Å². The first-order valence-electron chi connectivity index (χ1n) is 44.6. The van der Waals surface area contributed by atoms with Crippen molar-refractivity contribution in [1.29, 1.82) is 0 Å². The molecule has 0 saturated carbocycles. The van der Waals surface area contributed by atoms with Crippen molar-refractivity contribution in [2.45, 2.75) is 535 Å². The Balaban J connectivity index is 0. The van der Waals surface area contributed by atoms with Crippen LogP contribution in [0.25, 0.3) is 0 Å². The Hall–Kier alpha value is -0.130. The second kappa shape index (κ2) is 84.3. The molecule has 0 saturated heterocycles. The molecule has 0 aliphatic carbocycles. The summed E-state index contributed by atoms with van der Waals surface area (Å²) >= 11 is 0. The van der Waals surface area contributed by atoms with Crippen LogP contribution < -0.4 is 0 Å². The third-order valence-corrected chi connectivity index (χ3v) is 22.5. The lowest BCUT2D eigenvalue weighted by atomic mass is 10.0. The minimum Gasteiger partial charge on any atom is -0.748 e. The minimum atomic E-state index is -3.99. The first-order chi connectivity index (χ1) is 45.8. The highest BCUT2D eigenvalue weighted by Gasteiger charge is 2.26. The molecule has 0 rings (SSSR count). The van der Waals surface area contributed by atoms with Crippen LogP contribution in [0.1, 0.15) is 535 Å². The molecule has 4 nitrogen and oxygen atoms in total. The minimum absolute atomic E-state index is 0.189. The molecular formula is C88H181NO3S. The van der Waals surface area contributed by atoms with Crippen molar-refractivity contribution in [3.05, 3.63) is 0 Å². The summed E-state index contributed by atoms with van der Waals surface area (Å²) in [6.07, 6.45) is 112. The van der Waals surface area contributed by atoms with E-state index >= 15 is 0 Å². The molecule has 0 aromatic rings. The number of unbranched alkanes of at least 4 members (excludes halogenated alkanes) is 73. The SMILES string of the molecule is CCCCCCCCCCCCCCCCCC[N+](CCCCCCCCCCCCCCCCCC)(CCCCCCCCCCCCCCCCCC)CCCCCCCCCCCCCCCCCC.CCCCCCCCCCCCCCCCS(=O)(=O)[O-]. The maximum atomic E-state index is 10.4. The zero-order valence-electron chi connectivity index (χ0n) is 65.8. The molecule has 0 heterocycles. The van der Waals surface area contributed by atoms with Gasteiger partial charge >= 0.3 is 0 Å². The van der Waals surface area contributed by atoms with Gasteiger partial charge in [0, 0.05) is 5.75 Å². The van der Waals surface area contributed by atoms with Crippen molar-refractivity contribution >= 4 is 10.1 Å². The number of hydrogen-bond acceptors (Lipinski definition) is 3. The second-order valence-electron chi connectivity index (χ2n) is 31.3. The highest BCUT2D eigenvalue weighted by atomic mass is 32.2. The van der Waals surface area contributed by atoms with Gasteiger partial charge in [0.2, 0.25) is 0 Å². The zero-order chi connectivity index (χ0) is 67.7. The lowest BCUT2D eigenvalue weighted by Crippen LogP contribution is -2.50. The van der Waals surface area contributed by atoms with E-state index < -0.39 is 10.1 Å². The normalized spacial score (nSPS) is 12.0. The van der Waals surface area contributed by atoms with Gasteiger partial charge in [-0.05, 0) is 57.8 Å². The number of nitrogens with zero attached hydrogens (tertiary/aromatic N) is 1. The quantitative estimate of drug-likeness (QED) is 0.0346. The second-order valence-corrected chi connectivity index (χ2v) is 32.8. The first kappa shape index (κ1) is 94.9. The largest absolute Gasteiger partial charge is 0.748 e. The zero-order valence-corrected chi connectivity index (χ0v) is 66.6. The monoisotopic (exact) mass is 1330 g/mol. The van der Waals surface area contributed by atoms with Crippen LogP contribution in [0.15, 0.2) is 0 Å². The smallest absolute Gasteiger partial charge is 0.0945 e. The molecular weight excluding hydrogens is 1150 g/mol. The van der Waals surface area contributed by atoms with Gasteiger partial charge in [0.05, 0.1) is 36.3 Å². The van der Waals surface area contributed by atoms with Crippen LogP contribution in [0.2, 0.25) is 0 Å². The Morgan fingerprint density at radius 3 is 0.366 bits per heavy atom.